The molecule has 212 valence electrons. The zero-order valence-electron chi connectivity index (χ0n) is 23.6. The van der Waals surface area contributed by atoms with Gasteiger partial charge in [0.1, 0.15) is 24.6 Å². The van der Waals surface area contributed by atoms with Crippen LogP contribution in [0.25, 0.3) is 22.2 Å². The summed E-state index contributed by atoms with van der Waals surface area (Å²) in [4.78, 5) is 16.7. The SMILES string of the molecule is COCCOc1nnc(OCCOC)c2c1nc(CC(C)(C)C)n2Cc1ccc(-c2ccccc2C(=O)O)cc1. The van der Waals surface area contributed by atoms with Crippen LogP contribution in [-0.4, -0.2) is 71.5 Å². The van der Waals surface area contributed by atoms with Crippen molar-refractivity contribution in [3.63, 3.8) is 0 Å². The Morgan fingerprint density at radius 1 is 0.875 bits per heavy atom. The van der Waals surface area contributed by atoms with Gasteiger partial charge in [0.2, 0.25) is 0 Å². The molecule has 0 saturated carbocycles. The second kappa shape index (κ2) is 12.9. The van der Waals surface area contributed by atoms with E-state index in [1.807, 2.05) is 36.4 Å². The minimum atomic E-state index is -0.956. The number of aromatic carboxylic acids is 1. The summed E-state index contributed by atoms with van der Waals surface area (Å²) in [6.45, 7) is 8.40. The van der Waals surface area contributed by atoms with Gasteiger partial charge in [0.05, 0.1) is 18.8 Å². The molecule has 0 aliphatic carbocycles. The Morgan fingerprint density at radius 2 is 1.50 bits per heavy atom. The van der Waals surface area contributed by atoms with E-state index in [0.717, 1.165) is 17.0 Å². The fourth-order valence-electron chi connectivity index (χ4n) is 4.36. The Bertz CT molecular complexity index is 1440. The predicted molar refractivity (Wildman–Crippen MR) is 151 cm³/mol. The highest BCUT2D eigenvalue weighted by molar-refractivity contribution is 5.96. The van der Waals surface area contributed by atoms with Gasteiger partial charge in [-0.15, -0.1) is 10.2 Å². The summed E-state index contributed by atoms with van der Waals surface area (Å²) in [5, 5.41) is 18.2. The van der Waals surface area contributed by atoms with E-state index in [1.54, 1.807) is 26.4 Å². The average Bonchev–Trinajstić information content (AvgIpc) is 3.26. The van der Waals surface area contributed by atoms with Crippen LogP contribution in [0.4, 0.5) is 0 Å². The van der Waals surface area contributed by atoms with Gasteiger partial charge in [0.25, 0.3) is 11.8 Å². The Hall–Kier alpha value is -4.02. The Labute approximate surface area is 233 Å². The maximum atomic E-state index is 11.7. The highest BCUT2D eigenvalue weighted by atomic mass is 16.5. The predicted octanol–water partition coefficient (Wildman–Crippen LogP) is 4.88. The molecule has 0 aliphatic heterocycles. The molecule has 0 spiro atoms. The van der Waals surface area contributed by atoms with Gasteiger partial charge >= 0.3 is 5.97 Å². The second-order valence-corrected chi connectivity index (χ2v) is 10.6. The van der Waals surface area contributed by atoms with Gasteiger partial charge in [-0.1, -0.05) is 63.2 Å². The fraction of sp³-hybridized carbons (Fsp3) is 0.400. The van der Waals surface area contributed by atoms with Crippen LogP contribution in [0.15, 0.2) is 48.5 Å². The molecule has 0 bridgehead atoms. The van der Waals surface area contributed by atoms with Crippen LogP contribution in [0.5, 0.6) is 11.8 Å². The highest BCUT2D eigenvalue weighted by Crippen LogP contribution is 2.33. The zero-order valence-corrected chi connectivity index (χ0v) is 23.6. The van der Waals surface area contributed by atoms with E-state index in [-0.39, 0.29) is 11.0 Å². The lowest BCUT2D eigenvalue weighted by molar-refractivity contribution is 0.0697. The molecular weight excluding hydrogens is 512 g/mol. The first kappa shape index (κ1) is 29.0. The van der Waals surface area contributed by atoms with Gasteiger partial charge in [-0.25, -0.2) is 9.78 Å². The first-order chi connectivity index (χ1) is 19.2. The van der Waals surface area contributed by atoms with Crippen LogP contribution < -0.4 is 9.47 Å². The standard InChI is InChI=1S/C30H36N4O6/c1-30(2,3)18-24-31-25-26(28(40-17-15-38-5)33-32-27(25)39-16-14-37-4)34(24)19-20-10-12-21(13-11-20)22-8-6-7-9-23(22)29(35)36/h6-13H,14-19H2,1-5H3,(H,35,36). The number of carboxylic acids is 1. The van der Waals surface area contributed by atoms with Crippen molar-refractivity contribution >= 4 is 17.0 Å². The van der Waals surface area contributed by atoms with Crippen molar-refractivity contribution < 1.29 is 28.8 Å². The van der Waals surface area contributed by atoms with Crippen LogP contribution in [0.2, 0.25) is 0 Å². The van der Waals surface area contributed by atoms with Crippen molar-refractivity contribution in [1.29, 1.82) is 0 Å². The molecule has 2 aromatic carbocycles. The van der Waals surface area contributed by atoms with E-state index in [1.165, 1.54) is 0 Å². The van der Waals surface area contributed by atoms with E-state index < -0.39 is 5.97 Å². The molecule has 4 rings (SSSR count). The smallest absolute Gasteiger partial charge is 0.336 e. The van der Waals surface area contributed by atoms with Crippen molar-refractivity contribution in [2.75, 3.05) is 40.6 Å². The number of rotatable bonds is 13. The minimum Gasteiger partial charge on any atom is -0.478 e. The molecular formula is C30H36N4O6. The van der Waals surface area contributed by atoms with E-state index in [0.29, 0.717) is 67.7 Å². The lowest BCUT2D eigenvalue weighted by Crippen LogP contribution is -2.15. The summed E-state index contributed by atoms with van der Waals surface area (Å²) in [6.07, 6.45) is 0.695. The molecule has 10 heteroatoms. The maximum Gasteiger partial charge on any atom is 0.336 e. The number of carboxylic acid groups (broad SMARTS) is 1. The van der Waals surface area contributed by atoms with Gasteiger partial charge in [-0.05, 0) is 28.2 Å². The number of carbonyl (C=O) groups is 1. The molecule has 0 aliphatic rings. The topological polar surface area (TPSA) is 118 Å². The second-order valence-electron chi connectivity index (χ2n) is 10.6. The van der Waals surface area contributed by atoms with Gasteiger partial charge in [-0.2, -0.15) is 0 Å². The summed E-state index contributed by atoms with van der Waals surface area (Å²) in [6, 6.07) is 14.9. The van der Waals surface area contributed by atoms with E-state index in [9.17, 15) is 9.90 Å². The first-order valence-corrected chi connectivity index (χ1v) is 13.1. The van der Waals surface area contributed by atoms with Crippen LogP contribution >= 0.6 is 0 Å². The number of methoxy groups -OCH3 is 2. The lowest BCUT2D eigenvalue weighted by Gasteiger charge is -2.19. The number of imidazole rings is 1. The third-order valence-corrected chi connectivity index (χ3v) is 6.19. The van der Waals surface area contributed by atoms with Crippen molar-refractivity contribution in [3.05, 3.63) is 65.5 Å². The molecule has 0 unspecified atom stereocenters. The Morgan fingerprint density at radius 3 is 2.12 bits per heavy atom. The molecule has 1 N–H and O–H groups in total. The van der Waals surface area contributed by atoms with Gasteiger partial charge in [0, 0.05) is 27.2 Å². The fourth-order valence-corrected chi connectivity index (χ4v) is 4.36. The van der Waals surface area contributed by atoms with Crippen molar-refractivity contribution in [3.8, 4) is 22.9 Å². The monoisotopic (exact) mass is 548 g/mol. The molecule has 10 nitrogen and oxygen atoms in total. The van der Waals surface area contributed by atoms with Crippen LogP contribution in [0.3, 0.4) is 0 Å². The van der Waals surface area contributed by atoms with Crippen LogP contribution in [-0.2, 0) is 22.4 Å². The summed E-state index contributed by atoms with van der Waals surface area (Å²) in [5.41, 5.74) is 4.00. The highest BCUT2D eigenvalue weighted by Gasteiger charge is 2.25. The molecule has 0 fully saturated rings. The summed E-state index contributed by atoms with van der Waals surface area (Å²) < 4.78 is 24.3. The number of nitrogens with zero attached hydrogens (tertiary/aromatic N) is 4. The largest absolute Gasteiger partial charge is 0.478 e. The minimum absolute atomic E-state index is 0.0431. The Kier molecular flexibility index (Phi) is 9.34. The molecule has 0 saturated heterocycles. The van der Waals surface area contributed by atoms with E-state index in [2.05, 4.69) is 35.5 Å². The number of ether oxygens (including phenoxy) is 4. The average molecular weight is 549 g/mol. The molecule has 4 aromatic rings. The first-order valence-electron chi connectivity index (χ1n) is 13.1. The van der Waals surface area contributed by atoms with E-state index >= 15 is 0 Å². The molecule has 2 heterocycles. The number of hydrogen-bond acceptors (Lipinski definition) is 8. The molecule has 0 atom stereocenters. The van der Waals surface area contributed by atoms with Crippen LogP contribution in [0.1, 0.15) is 42.5 Å². The van der Waals surface area contributed by atoms with Gasteiger partial charge in [0.15, 0.2) is 5.52 Å². The maximum absolute atomic E-state index is 11.7. The molecule has 0 amide bonds. The zero-order chi connectivity index (χ0) is 28.7. The third kappa shape index (κ3) is 6.94. The van der Waals surface area contributed by atoms with E-state index in [4.69, 9.17) is 23.9 Å². The van der Waals surface area contributed by atoms with Gasteiger partial charge < -0.3 is 28.6 Å². The normalized spacial score (nSPS) is 11.6. The number of hydrogen-bond donors (Lipinski definition) is 1. The molecule has 40 heavy (non-hydrogen) atoms. The van der Waals surface area contributed by atoms with Gasteiger partial charge in [-0.3, -0.25) is 0 Å². The number of fused-ring (bicyclic) bond motifs is 1. The Balaban J connectivity index is 1.78. The summed E-state index contributed by atoms with van der Waals surface area (Å²) >= 11 is 0. The quantitative estimate of drug-likeness (QED) is 0.233. The van der Waals surface area contributed by atoms with Crippen molar-refractivity contribution in [2.24, 2.45) is 5.41 Å². The lowest BCUT2D eigenvalue weighted by atomic mass is 9.92. The number of benzene rings is 2. The van der Waals surface area contributed by atoms with Crippen molar-refractivity contribution in [1.82, 2.24) is 19.7 Å². The van der Waals surface area contributed by atoms with Crippen LogP contribution in [0, 0.1) is 5.41 Å². The number of aromatic nitrogens is 4. The molecule has 0 radical (unpaired) electrons. The van der Waals surface area contributed by atoms with Crippen molar-refractivity contribution in [2.45, 2.75) is 33.7 Å². The summed E-state index contributed by atoms with van der Waals surface area (Å²) in [5.74, 6) is 0.569. The third-order valence-electron chi connectivity index (χ3n) is 6.19. The summed E-state index contributed by atoms with van der Waals surface area (Å²) in [7, 11) is 3.22. The molecule has 2 aromatic heterocycles.